The van der Waals surface area contributed by atoms with Gasteiger partial charge in [0.2, 0.25) is 5.91 Å². The minimum atomic E-state index is -0.391. The molecular weight excluding hydrogens is 311 g/mol. The number of para-hydroxylation sites is 2. The number of nitrogens with zero attached hydrogens (tertiary/aromatic N) is 1. The van der Waals surface area contributed by atoms with E-state index in [1.807, 2.05) is 0 Å². The molecule has 1 amide bonds. The van der Waals surface area contributed by atoms with Gasteiger partial charge in [0.15, 0.2) is 11.7 Å². The number of aryl methyl sites for hydroxylation is 1. The minimum absolute atomic E-state index is 0.00353. The number of amides is 1. The molecule has 0 atom stereocenters. The molecule has 0 saturated heterocycles. The smallest absolute Gasteiger partial charge is 0.224 e. The van der Waals surface area contributed by atoms with Crippen LogP contribution in [0.4, 0.5) is 10.1 Å². The van der Waals surface area contributed by atoms with Gasteiger partial charge >= 0.3 is 0 Å². The van der Waals surface area contributed by atoms with E-state index in [4.69, 9.17) is 4.42 Å². The van der Waals surface area contributed by atoms with Crippen molar-refractivity contribution < 1.29 is 18.7 Å². The molecule has 2 N–H and O–H groups in total. The zero-order valence-corrected chi connectivity index (χ0v) is 12.7. The molecule has 24 heavy (non-hydrogen) atoms. The predicted octanol–water partition coefficient (Wildman–Crippen LogP) is 3.76. The molecule has 0 radical (unpaired) electrons. The highest BCUT2D eigenvalue weighted by atomic mass is 19.1. The largest absolute Gasteiger partial charge is 0.506 e. The van der Waals surface area contributed by atoms with Gasteiger partial charge in [-0.15, -0.1) is 0 Å². The summed E-state index contributed by atoms with van der Waals surface area (Å²) in [6.07, 6.45) is 1.84. The first-order valence-corrected chi connectivity index (χ1v) is 7.41. The highest BCUT2D eigenvalue weighted by molar-refractivity contribution is 5.92. The molecule has 5 nitrogen and oxygen atoms in total. The van der Waals surface area contributed by atoms with Crippen molar-refractivity contribution in [3.63, 3.8) is 0 Å². The van der Waals surface area contributed by atoms with Gasteiger partial charge in [0.25, 0.3) is 0 Å². The summed E-state index contributed by atoms with van der Waals surface area (Å²) in [6, 6.07) is 12.7. The van der Waals surface area contributed by atoms with E-state index in [1.165, 1.54) is 18.3 Å². The van der Waals surface area contributed by atoms with Crippen LogP contribution in [-0.2, 0) is 11.2 Å². The first-order chi connectivity index (χ1) is 11.6. The zero-order chi connectivity index (χ0) is 16.9. The number of oxazole rings is 1. The highest BCUT2D eigenvalue weighted by Crippen LogP contribution is 2.24. The van der Waals surface area contributed by atoms with Crippen LogP contribution in [0.3, 0.4) is 0 Å². The molecule has 3 aromatic rings. The minimum Gasteiger partial charge on any atom is -0.506 e. The molecule has 122 valence electrons. The van der Waals surface area contributed by atoms with Gasteiger partial charge in [-0.25, -0.2) is 9.37 Å². The number of aromatic hydroxyl groups is 1. The van der Waals surface area contributed by atoms with E-state index >= 15 is 0 Å². The molecule has 3 rings (SSSR count). The number of phenols is 1. The molecule has 0 unspecified atom stereocenters. The third-order valence-corrected chi connectivity index (χ3v) is 3.44. The number of halogens is 1. The molecule has 6 heteroatoms. The van der Waals surface area contributed by atoms with Crippen LogP contribution in [0.2, 0.25) is 0 Å². The quantitative estimate of drug-likeness (QED) is 0.700. The molecule has 0 aliphatic rings. The van der Waals surface area contributed by atoms with Crippen LogP contribution >= 0.6 is 0 Å². The maximum Gasteiger partial charge on any atom is 0.224 e. The SMILES string of the molecule is O=C(CCc1ncc(-c2ccccc2F)o1)Nc1ccccc1O. The summed E-state index contributed by atoms with van der Waals surface area (Å²) >= 11 is 0. The van der Waals surface area contributed by atoms with Crippen LogP contribution in [0, 0.1) is 5.82 Å². The van der Waals surface area contributed by atoms with Gasteiger partial charge in [0.1, 0.15) is 11.6 Å². The first kappa shape index (κ1) is 15.7. The Labute approximate surface area is 137 Å². The second kappa shape index (κ2) is 6.95. The molecule has 0 bridgehead atoms. The second-order valence-corrected chi connectivity index (χ2v) is 5.16. The summed E-state index contributed by atoms with van der Waals surface area (Å²) < 4.78 is 19.2. The van der Waals surface area contributed by atoms with Gasteiger partial charge in [-0.05, 0) is 24.3 Å². The Bertz CT molecular complexity index is 861. The predicted molar refractivity (Wildman–Crippen MR) is 87.0 cm³/mol. The molecule has 0 fully saturated rings. The molecular formula is C18H15FN2O3. The van der Waals surface area contributed by atoms with Crippen molar-refractivity contribution in [2.75, 3.05) is 5.32 Å². The lowest BCUT2D eigenvalue weighted by atomic mass is 10.2. The van der Waals surface area contributed by atoms with Gasteiger partial charge in [-0.3, -0.25) is 4.79 Å². The first-order valence-electron chi connectivity index (χ1n) is 7.41. The number of carbonyl (C=O) groups excluding carboxylic acids is 1. The molecule has 1 heterocycles. The van der Waals surface area contributed by atoms with Gasteiger partial charge in [-0.1, -0.05) is 24.3 Å². The van der Waals surface area contributed by atoms with E-state index in [0.717, 1.165) is 0 Å². The van der Waals surface area contributed by atoms with Gasteiger partial charge in [-0.2, -0.15) is 0 Å². The Morgan fingerprint density at radius 3 is 2.71 bits per heavy atom. The highest BCUT2D eigenvalue weighted by Gasteiger charge is 2.12. The van der Waals surface area contributed by atoms with Crippen molar-refractivity contribution >= 4 is 11.6 Å². The van der Waals surface area contributed by atoms with Crippen molar-refractivity contribution in [2.45, 2.75) is 12.8 Å². The Morgan fingerprint density at radius 1 is 1.17 bits per heavy atom. The van der Waals surface area contributed by atoms with E-state index in [0.29, 0.717) is 22.9 Å². The molecule has 0 aliphatic heterocycles. The van der Waals surface area contributed by atoms with E-state index in [2.05, 4.69) is 10.3 Å². The average Bonchev–Trinajstić information content (AvgIpc) is 3.04. The standard InChI is InChI=1S/C18H15FN2O3/c19-13-6-2-1-5-12(13)16-11-20-18(24-16)10-9-17(23)21-14-7-3-4-8-15(14)22/h1-8,11,22H,9-10H2,(H,21,23). The van der Waals surface area contributed by atoms with Crippen LogP contribution in [0.25, 0.3) is 11.3 Å². The monoisotopic (exact) mass is 326 g/mol. The Morgan fingerprint density at radius 2 is 1.92 bits per heavy atom. The third kappa shape index (κ3) is 3.60. The molecule has 0 aliphatic carbocycles. The fraction of sp³-hybridized carbons (Fsp3) is 0.111. The van der Waals surface area contributed by atoms with Crippen molar-refractivity contribution in [1.82, 2.24) is 4.98 Å². The number of rotatable bonds is 5. The Kier molecular flexibility index (Phi) is 4.56. The molecule has 1 aromatic heterocycles. The van der Waals surface area contributed by atoms with Crippen LogP contribution < -0.4 is 5.32 Å². The van der Waals surface area contributed by atoms with Gasteiger partial charge < -0.3 is 14.8 Å². The van der Waals surface area contributed by atoms with E-state index in [-0.39, 0.29) is 24.5 Å². The number of carbonyl (C=O) groups is 1. The van der Waals surface area contributed by atoms with Crippen LogP contribution in [0.1, 0.15) is 12.3 Å². The van der Waals surface area contributed by atoms with Gasteiger partial charge in [0, 0.05) is 12.8 Å². The number of benzene rings is 2. The molecule has 0 saturated carbocycles. The number of anilines is 1. The average molecular weight is 326 g/mol. The third-order valence-electron chi connectivity index (χ3n) is 3.44. The molecule has 0 spiro atoms. The Hall–Kier alpha value is -3.15. The van der Waals surface area contributed by atoms with Crippen molar-refractivity contribution in [3.05, 3.63) is 66.4 Å². The van der Waals surface area contributed by atoms with E-state index < -0.39 is 5.82 Å². The zero-order valence-electron chi connectivity index (χ0n) is 12.7. The number of phenolic OH excluding ortho intramolecular Hbond substituents is 1. The maximum atomic E-state index is 13.7. The fourth-order valence-corrected chi connectivity index (χ4v) is 2.22. The number of aromatic nitrogens is 1. The summed E-state index contributed by atoms with van der Waals surface area (Å²) in [4.78, 5) is 16.0. The second-order valence-electron chi connectivity index (χ2n) is 5.16. The van der Waals surface area contributed by atoms with Crippen molar-refractivity contribution in [2.24, 2.45) is 0 Å². The summed E-state index contributed by atoms with van der Waals surface area (Å²) in [5, 5.41) is 12.2. The van der Waals surface area contributed by atoms with E-state index in [1.54, 1.807) is 36.4 Å². The summed E-state index contributed by atoms with van der Waals surface area (Å²) in [7, 11) is 0. The lowest BCUT2D eigenvalue weighted by Gasteiger charge is -2.05. The molecule has 2 aromatic carbocycles. The van der Waals surface area contributed by atoms with Gasteiger partial charge in [0.05, 0.1) is 17.4 Å². The normalized spacial score (nSPS) is 10.5. The summed E-state index contributed by atoms with van der Waals surface area (Å²) in [6.45, 7) is 0. The van der Waals surface area contributed by atoms with Crippen LogP contribution in [0.15, 0.2) is 59.1 Å². The number of hydrogen-bond donors (Lipinski definition) is 2. The fourth-order valence-electron chi connectivity index (χ4n) is 2.22. The van der Waals surface area contributed by atoms with Crippen LogP contribution in [-0.4, -0.2) is 16.0 Å². The maximum absolute atomic E-state index is 13.7. The topological polar surface area (TPSA) is 75.4 Å². The number of nitrogens with one attached hydrogen (secondary N) is 1. The van der Waals surface area contributed by atoms with Crippen LogP contribution in [0.5, 0.6) is 5.75 Å². The number of hydrogen-bond acceptors (Lipinski definition) is 4. The summed E-state index contributed by atoms with van der Waals surface area (Å²) in [5.41, 5.74) is 0.678. The summed E-state index contributed by atoms with van der Waals surface area (Å²) in [5.74, 6) is 0.00773. The lowest BCUT2D eigenvalue weighted by Crippen LogP contribution is -2.12. The van der Waals surface area contributed by atoms with E-state index in [9.17, 15) is 14.3 Å². The van der Waals surface area contributed by atoms with Crippen molar-refractivity contribution in [1.29, 1.82) is 0 Å². The Balaban J connectivity index is 1.61. The lowest BCUT2D eigenvalue weighted by molar-refractivity contribution is -0.116. The van der Waals surface area contributed by atoms with Crippen molar-refractivity contribution in [3.8, 4) is 17.1 Å².